The molecule has 78 valence electrons. The maximum atomic E-state index is 12.9. The highest BCUT2D eigenvalue weighted by Gasteiger charge is 2.02. The molecule has 0 aliphatic rings. The van der Waals surface area contributed by atoms with Crippen LogP contribution < -0.4 is 0 Å². The topological polar surface area (TPSA) is 0 Å². The highest BCUT2D eigenvalue weighted by atomic mass is 79.9. The molecule has 1 heterocycles. The number of rotatable bonds is 3. The van der Waals surface area contributed by atoms with Crippen LogP contribution in [0.4, 0.5) is 4.39 Å². The number of thiophene rings is 1. The zero-order valence-corrected chi connectivity index (χ0v) is 11.0. The second-order valence-corrected chi connectivity index (χ2v) is 5.84. The minimum atomic E-state index is -0.176. The van der Waals surface area contributed by atoms with E-state index in [0.717, 1.165) is 15.1 Å². The van der Waals surface area contributed by atoms with Crippen LogP contribution in [0.15, 0.2) is 45.1 Å². The van der Waals surface area contributed by atoms with Crippen molar-refractivity contribution in [2.24, 2.45) is 0 Å². The Hall–Kier alpha value is -0.320. The van der Waals surface area contributed by atoms with Crippen LogP contribution in [0.5, 0.6) is 0 Å². The molecule has 15 heavy (non-hydrogen) atoms. The highest BCUT2D eigenvalue weighted by Crippen LogP contribution is 2.30. The maximum Gasteiger partial charge on any atom is 0.124 e. The van der Waals surface area contributed by atoms with Gasteiger partial charge in [0, 0.05) is 20.0 Å². The summed E-state index contributed by atoms with van der Waals surface area (Å²) in [6.07, 6.45) is 0. The van der Waals surface area contributed by atoms with E-state index in [4.69, 9.17) is 0 Å². The summed E-state index contributed by atoms with van der Waals surface area (Å²) in [7, 11) is 0. The lowest BCUT2D eigenvalue weighted by molar-refractivity contribution is 0.624. The van der Waals surface area contributed by atoms with Gasteiger partial charge in [-0.2, -0.15) is 0 Å². The monoisotopic (exact) mass is 302 g/mol. The minimum absolute atomic E-state index is 0.176. The van der Waals surface area contributed by atoms with E-state index < -0.39 is 0 Å². The largest absolute Gasteiger partial charge is 0.207 e. The summed E-state index contributed by atoms with van der Waals surface area (Å²) in [5.41, 5.74) is 0. The van der Waals surface area contributed by atoms with Gasteiger partial charge in [-0.05, 0) is 45.6 Å². The van der Waals surface area contributed by atoms with Crippen molar-refractivity contribution >= 4 is 39.0 Å². The molecule has 1 aromatic heterocycles. The van der Waals surface area contributed by atoms with Gasteiger partial charge in [-0.3, -0.25) is 0 Å². The summed E-state index contributed by atoms with van der Waals surface area (Å²) in [6, 6.07) is 8.72. The van der Waals surface area contributed by atoms with Crippen LogP contribution in [0, 0.1) is 5.82 Å². The molecule has 0 fully saturated rings. The van der Waals surface area contributed by atoms with Gasteiger partial charge < -0.3 is 0 Å². The van der Waals surface area contributed by atoms with Gasteiger partial charge in [0.05, 0.1) is 0 Å². The Morgan fingerprint density at radius 2 is 2.20 bits per heavy atom. The van der Waals surface area contributed by atoms with Crippen molar-refractivity contribution in [2.45, 2.75) is 10.6 Å². The first kappa shape index (κ1) is 11.2. The molecule has 0 N–H and O–H groups in total. The smallest absolute Gasteiger partial charge is 0.124 e. The molecule has 0 saturated heterocycles. The van der Waals surface area contributed by atoms with Crippen molar-refractivity contribution in [3.8, 4) is 0 Å². The summed E-state index contributed by atoms with van der Waals surface area (Å²) in [6.45, 7) is 0. The molecule has 0 spiro atoms. The van der Waals surface area contributed by atoms with Gasteiger partial charge in [-0.25, -0.2) is 4.39 Å². The van der Waals surface area contributed by atoms with E-state index in [9.17, 15) is 4.39 Å². The van der Waals surface area contributed by atoms with E-state index in [1.54, 1.807) is 35.2 Å². The van der Waals surface area contributed by atoms with Crippen LogP contribution in [0.2, 0.25) is 0 Å². The SMILES string of the molecule is Fc1cccc(SCc2sccc2Br)c1. The van der Waals surface area contributed by atoms with E-state index >= 15 is 0 Å². The molecule has 2 rings (SSSR count). The van der Waals surface area contributed by atoms with Gasteiger partial charge >= 0.3 is 0 Å². The van der Waals surface area contributed by atoms with Crippen LogP contribution in [-0.2, 0) is 5.75 Å². The van der Waals surface area contributed by atoms with Crippen LogP contribution in [-0.4, -0.2) is 0 Å². The Balaban J connectivity index is 2.02. The summed E-state index contributed by atoms with van der Waals surface area (Å²) in [5, 5.41) is 2.05. The molecule has 1 aromatic carbocycles. The third-order valence-electron chi connectivity index (χ3n) is 1.86. The van der Waals surface area contributed by atoms with Crippen LogP contribution >= 0.6 is 39.0 Å². The third-order valence-corrected chi connectivity index (χ3v) is 4.99. The van der Waals surface area contributed by atoms with Crippen LogP contribution in [0.3, 0.4) is 0 Å². The zero-order chi connectivity index (χ0) is 10.7. The Kier molecular flexibility index (Phi) is 3.83. The maximum absolute atomic E-state index is 12.9. The number of benzene rings is 1. The fourth-order valence-electron chi connectivity index (χ4n) is 1.13. The predicted octanol–water partition coefficient (Wildman–Crippen LogP) is 4.94. The van der Waals surface area contributed by atoms with Crippen molar-refractivity contribution < 1.29 is 4.39 Å². The van der Waals surface area contributed by atoms with E-state index in [1.807, 2.05) is 17.5 Å². The molecule has 2 aromatic rings. The predicted molar refractivity (Wildman–Crippen MR) is 68.0 cm³/mol. The average molecular weight is 303 g/mol. The van der Waals surface area contributed by atoms with Gasteiger partial charge in [0.2, 0.25) is 0 Å². The lowest BCUT2D eigenvalue weighted by atomic mass is 10.4. The molecule has 0 bridgehead atoms. The molecule has 0 saturated carbocycles. The molecular formula is C11H8BrFS2. The molecule has 0 aliphatic heterocycles. The van der Waals surface area contributed by atoms with Crippen molar-refractivity contribution in [1.82, 2.24) is 0 Å². The molecule has 0 atom stereocenters. The van der Waals surface area contributed by atoms with Crippen LogP contribution in [0.25, 0.3) is 0 Å². The van der Waals surface area contributed by atoms with Gasteiger partial charge in [-0.15, -0.1) is 23.1 Å². The average Bonchev–Trinajstić information content (AvgIpc) is 2.61. The molecule has 0 radical (unpaired) electrons. The summed E-state index contributed by atoms with van der Waals surface area (Å²) >= 11 is 6.84. The Bertz CT molecular complexity index is 453. The second kappa shape index (κ2) is 5.14. The second-order valence-electron chi connectivity index (χ2n) is 2.94. The molecule has 0 aliphatic carbocycles. The van der Waals surface area contributed by atoms with Crippen molar-refractivity contribution in [3.63, 3.8) is 0 Å². The van der Waals surface area contributed by atoms with Crippen molar-refractivity contribution in [1.29, 1.82) is 0 Å². The summed E-state index contributed by atoms with van der Waals surface area (Å²) in [5.74, 6) is 0.701. The molecule has 0 unspecified atom stereocenters. The van der Waals surface area contributed by atoms with Crippen molar-refractivity contribution in [2.75, 3.05) is 0 Å². The molecule has 4 heteroatoms. The standard InChI is InChI=1S/C11H8BrFS2/c12-10-4-5-14-11(10)7-15-9-3-1-2-8(13)6-9/h1-6H,7H2. The van der Waals surface area contributed by atoms with E-state index in [0.29, 0.717) is 0 Å². The summed E-state index contributed by atoms with van der Waals surface area (Å²) in [4.78, 5) is 2.25. The van der Waals surface area contributed by atoms with Gasteiger partial charge in [-0.1, -0.05) is 6.07 Å². The van der Waals surface area contributed by atoms with Crippen LogP contribution in [0.1, 0.15) is 4.88 Å². The first-order valence-electron chi connectivity index (χ1n) is 4.36. The fourth-order valence-corrected chi connectivity index (χ4v) is 3.87. The lowest BCUT2D eigenvalue weighted by Gasteiger charge is -2.00. The molecule has 0 nitrogen and oxygen atoms in total. The third kappa shape index (κ3) is 3.06. The number of halogens is 2. The quantitative estimate of drug-likeness (QED) is 0.724. The lowest BCUT2D eigenvalue weighted by Crippen LogP contribution is -1.78. The van der Waals surface area contributed by atoms with Crippen molar-refractivity contribution in [3.05, 3.63) is 50.9 Å². The fraction of sp³-hybridized carbons (Fsp3) is 0.0909. The Morgan fingerprint density at radius 1 is 1.33 bits per heavy atom. The number of thioether (sulfide) groups is 1. The zero-order valence-electron chi connectivity index (χ0n) is 7.74. The minimum Gasteiger partial charge on any atom is -0.207 e. The first-order valence-corrected chi connectivity index (χ1v) is 7.02. The highest BCUT2D eigenvalue weighted by molar-refractivity contribution is 9.10. The van der Waals surface area contributed by atoms with Gasteiger partial charge in [0.15, 0.2) is 0 Å². The number of hydrogen-bond acceptors (Lipinski definition) is 2. The van der Waals surface area contributed by atoms with E-state index in [-0.39, 0.29) is 5.82 Å². The first-order chi connectivity index (χ1) is 7.25. The van der Waals surface area contributed by atoms with E-state index in [2.05, 4.69) is 15.9 Å². The van der Waals surface area contributed by atoms with E-state index in [1.165, 1.54) is 10.9 Å². The normalized spacial score (nSPS) is 10.5. The molecule has 0 amide bonds. The summed E-state index contributed by atoms with van der Waals surface area (Å²) < 4.78 is 14.0. The Labute approximate surface area is 105 Å². The Morgan fingerprint density at radius 3 is 2.87 bits per heavy atom. The van der Waals surface area contributed by atoms with Gasteiger partial charge in [0.1, 0.15) is 5.82 Å². The molecular weight excluding hydrogens is 295 g/mol. The van der Waals surface area contributed by atoms with Gasteiger partial charge in [0.25, 0.3) is 0 Å². The number of hydrogen-bond donors (Lipinski definition) is 0.